The molecule has 14 rings (SSSR count). The van der Waals surface area contributed by atoms with E-state index >= 15 is 0 Å². The van der Waals surface area contributed by atoms with E-state index < -0.39 is 0 Å². The molecule has 386 valence electrons. The molecule has 80 heavy (non-hydrogen) atoms. The number of fused-ring (bicyclic) bond motifs is 14. The minimum atomic E-state index is -0.125. The summed E-state index contributed by atoms with van der Waals surface area (Å²) >= 11 is 0. The first-order valence-electron chi connectivity index (χ1n) is 27.9. The average molecular weight is 1030 g/mol. The minimum Gasteiger partial charge on any atom is -0.662 e. The van der Waals surface area contributed by atoms with Crippen LogP contribution in [0.2, 0.25) is 0 Å². The third-order valence-corrected chi connectivity index (χ3v) is 16.7. The summed E-state index contributed by atoms with van der Waals surface area (Å²) in [5, 5.41) is 12.1. The molecule has 0 amide bonds. The van der Waals surface area contributed by atoms with Crippen LogP contribution in [0, 0.1) is 13.0 Å². The van der Waals surface area contributed by atoms with Gasteiger partial charge in [0.05, 0.1) is 0 Å². The van der Waals surface area contributed by atoms with Crippen molar-refractivity contribution in [2.45, 2.75) is 85.5 Å². The summed E-state index contributed by atoms with van der Waals surface area (Å²) in [7, 11) is 0. The fourth-order valence-electron chi connectivity index (χ4n) is 12.4. The maximum absolute atomic E-state index is 6.37. The molecule has 1 N–H and O–H groups in total. The summed E-state index contributed by atoms with van der Waals surface area (Å²) in [5.41, 5.74) is 27.4. The molecule has 10 aromatic carbocycles. The number of benzene rings is 10. The molecule has 3 aliphatic heterocycles. The monoisotopic (exact) mass is 1030 g/mol. The smallest absolute Gasteiger partial charge is 0.662 e. The van der Waals surface area contributed by atoms with Crippen LogP contribution in [0.25, 0.3) is 60.6 Å². The van der Waals surface area contributed by atoms with Crippen LogP contribution in [0.1, 0.15) is 84.6 Å². The average Bonchev–Trinajstić information content (AvgIpc) is 3.81. The number of aryl methyl sites for hydroxylation is 1. The summed E-state index contributed by atoms with van der Waals surface area (Å²) in [6.45, 7) is 22.8. The number of hydrogen-bond donors (Lipinski definition) is 1. The third kappa shape index (κ3) is 8.43. The number of nitrogens with one attached hydrogen (secondary N) is 1. The predicted molar refractivity (Wildman–Crippen MR) is 342 cm³/mol. The van der Waals surface area contributed by atoms with Gasteiger partial charge in [0.2, 0.25) is 0 Å². The van der Waals surface area contributed by atoms with Gasteiger partial charge in [-0.05, 0) is 140 Å². The molecule has 5 nitrogen and oxygen atoms in total. The van der Waals surface area contributed by atoms with Gasteiger partial charge in [-0.25, -0.2) is 0 Å². The van der Waals surface area contributed by atoms with Gasteiger partial charge in [-0.2, -0.15) is 5.69 Å². The molecule has 4 heterocycles. The Kier molecular flexibility index (Phi) is 11.8. The van der Waals surface area contributed by atoms with Crippen LogP contribution in [0.4, 0.5) is 56.9 Å². The van der Waals surface area contributed by atoms with Crippen LogP contribution in [0.3, 0.4) is 0 Å². The molecule has 7 heteroatoms. The Balaban J connectivity index is 0.00000605. The van der Waals surface area contributed by atoms with Crippen LogP contribution in [-0.2, 0) is 16.2 Å². The molecule has 0 saturated carbocycles. The second-order valence-electron chi connectivity index (χ2n) is 25.2. The van der Waals surface area contributed by atoms with Crippen molar-refractivity contribution in [2.75, 3.05) is 15.1 Å². The van der Waals surface area contributed by atoms with Crippen LogP contribution in [-0.4, -0.2) is 16.8 Å². The van der Waals surface area contributed by atoms with E-state index in [1.54, 1.807) is 0 Å². The van der Waals surface area contributed by atoms with Gasteiger partial charge in [0.1, 0.15) is 11.2 Å². The Morgan fingerprint density at radius 3 is 1.73 bits per heavy atom. The molecular weight excluding hydrogens is 969 g/mol. The predicted octanol–water partition coefficient (Wildman–Crippen LogP) is 18.7. The maximum Gasteiger partial charge on any atom is 2.00 e. The molecule has 3 aliphatic rings. The van der Waals surface area contributed by atoms with E-state index in [2.05, 4.69) is 272 Å². The Bertz CT molecular complexity index is 4290. The summed E-state index contributed by atoms with van der Waals surface area (Å²) in [5.74, 6) is 0. The largest absolute Gasteiger partial charge is 2.00 e. The van der Waals surface area contributed by atoms with E-state index in [0.717, 1.165) is 95.1 Å². The third-order valence-electron chi connectivity index (χ3n) is 16.7. The van der Waals surface area contributed by atoms with Gasteiger partial charge in [-0.3, -0.25) is 0 Å². The Hall–Kier alpha value is -8.57. The summed E-state index contributed by atoms with van der Waals surface area (Å²) < 4.78 is 6.37. The second-order valence-corrected chi connectivity index (χ2v) is 25.2. The zero-order chi connectivity index (χ0) is 54.3. The van der Waals surface area contributed by atoms with E-state index in [0.29, 0.717) is 0 Å². The Labute approximate surface area is 475 Å². The summed E-state index contributed by atoms with van der Waals surface area (Å²) in [6.07, 6.45) is 0. The first-order valence-corrected chi connectivity index (χ1v) is 27.9. The number of anilines is 8. The fraction of sp³-hybridized carbons (Fsp3) is 0.178. The van der Waals surface area contributed by atoms with Crippen molar-refractivity contribution in [1.82, 2.24) is 0 Å². The molecule has 0 atom stereocenters. The van der Waals surface area contributed by atoms with Crippen molar-refractivity contribution in [2.24, 2.45) is 0 Å². The number of hydrogen-bond acceptors (Lipinski definition) is 4. The van der Waals surface area contributed by atoms with Gasteiger partial charge in [0, 0.05) is 56.3 Å². The standard InChI is InChI=1S/C73H63BN4O.Be/c1-44-35-66-70-67(36-44)78(53-31-26-49(27-32-53)71(2,3)4)65-43-63-62(75-60-20-14-11-17-54(60)47-37-48(39-51(38-47)73(8,9)10)55-18-12-15-21-61(55)76-63)42-59(65)74(70)58-34-28-50(72(5,6)7)41-64(58)77(66)52-29-23-45(24-30-52)46-25-33-57-56-19-13-16-22-68(56)79-69(57)40-46;/h11-36,38-43,76H,1-10H3;/q-2;+2. The number of nitrogens with zero attached hydrogens (tertiary/aromatic N) is 3. The fourth-order valence-corrected chi connectivity index (χ4v) is 12.4. The van der Waals surface area contributed by atoms with Crippen molar-refractivity contribution in [3.8, 4) is 33.4 Å². The molecule has 0 saturated heterocycles. The molecule has 2 bridgehead atoms. The molecule has 1 aromatic heterocycles. The van der Waals surface area contributed by atoms with E-state index in [1.807, 2.05) is 12.1 Å². The van der Waals surface area contributed by atoms with Gasteiger partial charge in [0.15, 0.2) is 0 Å². The number of para-hydroxylation sites is 3. The van der Waals surface area contributed by atoms with E-state index in [9.17, 15) is 0 Å². The topological polar surface area (TPSA) is 45.8 Å². The molecule has 0 fully saturated rings. The normalized spacial score (nSPS) is 13.4. The van der Waals surface area contributed by atoms with E-state index in [-0.39, 0.29) is 33.1 Å². The van der Waals surface area contributed by atoms with Gasteiger partial charge >= 0.3 is 10.1 Å². The zero-order valence-electron chi connectivity index (χ0n) is 47.5. The van der Waals surface area contributed by atoms with Crippen molar-refractivity contribution in [3.05, 3.63) is 228 Å². The zero-order valence-corrected chi connectivity index (χ0v) is 47.5. The first kappa shape index (κ1) is 50.9. The molecule has 11 aromatic rings. The van der Waals surface area contributed by atoms with Gasteiger partial charge < -0.3 is 24.9 Å². The molecule has 0 unspecified atom stereocenters. The Morgan fingerprint density at radius 1 is 0.450 bits per heavy atom. The van der Waals surface area contributed by atoms with Crippen LogP contribution in [0.15, 0.2) is 199 Å². The molecular formula is C73H63BBeN4O. The SMILES string of the molecule is Cc1cc2c3c(c1)N(c1ccc(C(C)(C)C)cc1)c1cc4c(cc1B3c1ccc(C(C)(C)C)cc1N2c1ccc(-c2ccc3c(c2)oc2ccccc23)cc1)[N-]c1ccccc1-c1[c-]c(cc(C(C)(C)C)c1)-c1ccccc1N4.[Be+2]. The van der Waals surface area contributed by atoms with Crippen LogP contribution in [0.5, 0.6) is 0 Å². The van der Waals surface area contributed by atoms with E-state index in [4.69, 9.17) is 9.73 Å². The number of rotatable bonds is 3. The van der Waals surface area contributed by atoms with Gasteiger partial charge in [0.25, 0.3) is 6.71 Å². The van der Waals surface area contributed by atoms with Gasteiger partial charge in [-0.15, -0.1) is 40.6 Å². The Morgan fingerprint density at radius 2 is 1.02 bits per heavy atom. The van der Waals surface area contributed by atoms with Crippen LogP contribution >= 0.6 is 0 Å². The van der Waals surface area contributed by atoms with Gasteiger partial charge in [-0.1, -0.05) is 183 Å². The van der Waals surface area contributed by atoms with Crippen molar-refractivity contribution in [3.63, 3.8) is 0 Å². The van der Waals surface area contributed by atoms with Crippen molar-refractivity contribution >= 4 is 112 Å². The quantitative estimate of drug-likeness (QED) is 0.141. The molecule has 0 spiro atoms. The molecule has 0 radical (unpaired) electrons. The summed E-state index contributed by atoms with van der Waals surface area (Å²) in [4.78, 5) is 5.05. The second kappa shape index (κ2) is 18.5. The van der Waals surface area contributed by atoms with Crippen molar-refractivity contribution in [1.29, 1.82) is 0 Å². The maximum atomic E-state index is 6.37. The number of furan rings is 1. The van der Waals surface area contributed by atoms with Crippen LogP contribution < -0.4 is 31.5 Å². The first-order chi connectivity index (χ1) is 37.9. The molecule has 0 aliphatic carbocycles. The van der Waals surface area contributed by atoms with E-state index in [1.165, 1.54) is 55.7 Å². The minimum absolute atomic E-state index is 0. The summed E-state index contributed by atoms with van der Waals surface area (Å²) in [6, 6.07) is 75.9. The van der Waals surface area contributed by atoms with Crippen molar-refractivity contribution < 1.29 is 4.42 Å².